The number of carbonyl (C=O) groups is 1. The highest BCUT2D eigenvalue weighted by Gasteiger charge is 2.14. The van der Waals surface area contributed by atoms with Crippen molar-refractivity contribution < 1.29 is 9.53 Å². The van der Waals surface area contributed by atoms with E-state index in [0.29, 0.717) is 34.7 Å². The fourth-order valence-corrected chi connectivity index (χ4v) is 3.08. The second kappa shape index (κ2) is 9.19. The zero-order valence-electron chi connectivity index (χ0n) is 16.8. The molecule has 1 heterocycles. The maximum Gasteiger partial charge on any atom is 0.280 e. The van der Waals surface area contributed by atoms with Crippen molar-refractivity contribution in [2.45, 2.75) is 26.7 Å². The molecule has 0 fully saturated rings. The normalized spacial score (nSPS) is 10.9. The third-order valence-corrected chi connectivity index (χ3v) is 4.52. The summed E-state index contributed by atoms with van der Waals surface area (Å²) in [5.74, 6) is 0.734. The first-order valence-electron chi connectivity index (χ1n) is 9.71. The molecule has 0 atom stereocenters. The van der Waals surface area contributed by atoms with Gasteiger partial charge in [-0.25, -0.2) is 4.98 Å². The molecule has 0 saturated heterocycles. The number of rotatable bonds is 7. The SMILES string of the molecule is CC(C)CCCOc1ccc(-c2cc(C(=O)N=C(N)N)c3ccccc3n2)cc1. The molecule has 1 aromatic heterocycles. The molecule has 2 aromatic carbocycles. The van der Waals surface area contributed by atoms with Crippen molar-refractivity contribution in [2.75, 3.05) is 6.61 Å². The van der Waals surface area contributed by atoms with Gasteiger partial charge in [0, 0.05) is 10.9 Å². The quantitative estimate of drug-likeness (QED) is 0.359. The van der Waals surface area contributed by atoms with E-state index in [1.807, 2.05) is 48.5 Å². The van der Waals surface area contributed by atoms with Crippen LogP contribution in [0.5, 0.6) is 5.75 Å². The summed E-state index contributed by atoms with van der Waals surface area (Å²) in [7, 11) is 0. The summed E-state index contributed by atoms with van der Waals surface area (Å²) < 4.78 is 5.80. The second-order valence-corrected chi connectivity index (χ2v) is 7.32. The number of amides is 1. The molecule has 0 aliphatic heterocycles. The van der Waals surface area contributed by atoms with Crippen LogP contribution in [0.4, 0.5) is 0 Å². The molecule has 6 heteroatoms. The minimum Gasteiger partial charge on any atom is -0.494 e. The van der Waals surface area contributed by atoms with Crippen LogP contribution < -0.4 is 16.2 Å². The molecule has 0 aliphatic carbocycles. The molecular weight excluding hydrogens is 364 g/mol. The number of nitrogens with zero attached hydrogens (tertiary/aromatic N) is 2. The second-order valence-electron chi connectivity index (χ2n) is 7.32. The van der Waals surface area contributed by atoms with Gasteiger partial charge in [-0.1, -0.05) is 32.0 Å². The molecule has 29 heavy (non-hydrogen) atoms. The Bertz CT molecular complexity index is 1020. The van der Waals surface area contributed by atoms with Gasteiger partial charge in [0.25, 0.3) is 5.91 Å². The molecular formula is C23H26N4O2. The fourth-order valence-electron chi connectivity index (χ4n) is 3.08. The fraction of sp³-hybridized carbons (Fsp3) is 0.261. The van der Waals surface area contributed by atoms with Gasteiger partial charge in [-0.2, -0.15) is 4.99 Å². The minimum absolute atomic E-state index is 0.267. The van der Waals surface area contributed by atoms with Crippen molar-refractivity contribution in [3.8, 4) is 17.0 Å². The zero-order chi connectivity index (χ0) is 20.8. The van der Waals surface area contributed by atoms with Crippen LogP contribution in [-0.4, -0.2) is 23.5 Å². The highest BCUT2D eigenvalue weighted by Crippen LogP contribution is 2.27. The number of guanidine groups is 1. The topological polar surface area (TPSA) is 104 Å². The Morgan fingerprint density at radius 3 is 2.52 bits per heavy atom. The zero-order valence-corrected chi connectivity index (χ0v) is 16.8. The van der Waals surface area contributed by atoms with Gasteiger partial charge in [0.2, 0.25) is 0 Å². The number of aromatic nitrogens is 1. The lowest BCUT2D eigenvalue weighted by atomic mass is 10.0. The van der Waals surface area contributed by atoms with E-state index in [2.05, 4.69) is 23.8 Å². The Labute approximate surface area is 170 Å². The molecule has 0 aliphatic rings. The molecule has 4 N–H and O–H groups in total. The van der Waals surface area contributed by atoms with Crippen LogP contribution in [-0.2, 0) is 0 Å². The maximum atomic E-state index is 12.5. The van der Waals surface area contributed by atoms with Crippen LogP contribution in [0.2, 0.25) is 0 Å². The van der Waals surface area contributed by atoms with Crippen LogP contribution in [0.3, 0.4) is 0 Å². The minimum atomic E-state index is -0.491. The number of aliphatic imine (C=N–C) groups is 1. The Balaban J connectivity index is 1.87. The van der Waals surface area contributed by atoms with Crippen molar-refractivity contribution >= 4 is 22.8 Å². The number of fused-ring (bicyclic) bond motifs is 1. The number of para-hydroxylation sites is 1. The number of hydrogen-bond acceptors (Lipinski definition) is 3. The van der Waals surface area contributed by atoms with E-state index < -0.39 is 5.91 Å². The third-order valence-electron chi connectivity index (χ3n) is 4.52. The van der Waals surface area contributed by atoms with E-state index in [1.54, 1.807) is 6.07 Å². The lowest BCUT2D eigenvalue weighted by Gasteiger charge is -2.10. The van der Waals surface area contributed by atoms with Gasteiger partial charge < -0.3 is 16.2 Å². The van der Waals surface area contributed by atoms with Crippen molar-refractivity contribution in [2.24, 2.45) is 22.4 Å². The van der Waals surface area contributed by atoms with Gasteiger partial charge in [-0.15, -0.1) is 0 Å². The van der Waals surface area contributed by atoms with Crippen LogP contribution in [0, 0.1) is 5.92 Å². The van der Waals surface area contributed by atoms with E-state index in [-0.39, 0.29) is 5.96 Å². The third kappa shape index (κ3) is 5.31. The first-order chi connectivity index (χ1) is 13.9. The van der Waals surface area contributed by atoms with Gasteiger partial charge in [-0.05, 0) is 55.2 Å². The summed E-state index contributed by atoms with van der Waals surface area (Å²) in [6, 6.07) is 16.8. The molecule has 3 rings (SSSR count). The molecule has 0 radical (unpaired) electrons. The summed E-state index contributed by atoms with van der Waals surface area (Å²) in [4.78, 5) is 20.9. The predicted molar refractivity (Wildman–Crippen MR) is 117 cm³/mol. The average molecular weight is 390 g/mol. The average Bonchev–Trinajstić information content (AvgIpc) is 2.70. The number of hydrogen-bond donors (Lipinski definition) is 2. The lowest BCUT2D eigenvalue weighted by molar-refractivity contribution is 0.100. The van der Waals surface area contributed by atoms with Crippen LogP contribution >= 0.6 is 0 Å². The van der Waals surface area contributed by atoms with Gasteiger partial charge in [-0.3, -0.25) is 4.79 Å². The van der Waals surface area contributed by atoms with Crippen molar-refractivity contribution in [1.29, 1.82) is 0 Å². The highest BCUT2D eigenvalue weighted by atomic mass is 16.5. The summed E-state index contributed by atoms with van der Waals surface area (Å²) >= 11 is 0. The van der Waals surface area contributed by atoms with E-state index in [1.165, 1.54) is 0 Å². The van der Waals surface area contributed by atoms with Crippen molar-refractivity contribution in [3.63, 3.8) is 0 Å². The first-order valence-corrected chi connectivity index (χ1v) is 9.71. The highest BCUT2D eigenvalue weighted by molar-refractivity contribution is 6.10. The van der Waals surface area contributed by atoms with Crippen molar-refractivity contribution in [3.05, 3.63) is 60.2 Å². The number of ether oxygens (including phenoxy) is 1. The number of carbonyl (C=O) groups excluding carboxylic acids is 1. The summed E-state index contributed by atoms with van der Waals surface area (Å²) in [5.41, 5.74) is 13.4. The molecule has 150 valence electrons. The Kier molecular flexibility index (Phi) is 6.44. The summed E-state index contributed by atoms with van der Waals surface area (Å²) in [6.45, 7) is 5.11. The van der Waals surface area contributed by atoms with Crippen LogP contribution in [0.25, 0.3) is 22.2 Å². The maximum absolute atomic E-state index is 12.5. The van der Waals surface area contributed by atoms with E-state index >= 15 is 0 Å². The molecule has 0 spiro atoms. The van der Waals surface area contributed by atoms with Gasteiger partial charge >= 0.3 is 0 Å². The van der Waals surface area contributed by atoms with Gasteiger partial charge in [0.15, 0.2) is 5.96 Å². The van der Waals surface area contributed by atoms with Crippen LogP contribution in [0.15, 0.2) is 59.6 Å². The molecule has 1 amide bonds. The Hall–Kier alpha value is -3.41. The number of pyridine rings is 1. The Morgan fingerprint density at radius 2 is 1.83 bits per heavy atom. The van der Waals surface area contributed by atoms with Gasteiger partial charge in [0.05, 0.1) is 23.4 Å². The van der Waals surface area contributed by atoms with Crippen molar-refractivity contribution in [1.82, 2.24) is 4.98 Å². The molecule has 0 saturated carbocycles. The number of nitrogens with two attached hydrogens (primary N) is 2. The van der Waals surface area contributed by atoms with E-state index in [4.69, 9.17) is 16.2 Å². The largest absolute Gasteiger partial charge is 0.494 e. The molecule has 6 nitrogen and oxygen atoms in total. The Morgan fingerprint density at radius 1 is 1.10 bits per heavy atom. The monoisotopic (exact) mass is 390 g/mol. The predicted octanol–water partition coefficient (Wildman–Crippen LogP) is 4.13. The smallest absolute Gasteiger partial charge is 0.280 e. The standard InChI is InChI=1S/C23H26N4O2/c1-15(2)6-5-13-29-17-11-9-16(10-12-17)21-14-19(22(28)27-23(24)25)18-7-3-4-8-20(18)26-21/h3-4,7-12,14-15H,5-6,13H2,1-2H3,(H4,24,25,27,28). The lowest BCUT2D eigenvalue weighted by Crippen LogP contribution is -2.24. The molecule has 3 aromatic rings. The molecule has 0 unspecified atom stereocenters. The number of benzene rings is 2. The van der Waals surface area contributed by atoms with E-state index in [0.717, 1.165) is 24.2 Å². The first kappa shape index (κ1) is 20.3. The summed E-state index contributed by atoms with van der Waals surface area (Å²) in [6.07, 6.45) is 2.17. The van der Waals surface area contributed by atoms with Crippen LogP contribution in [0.1, 0.15) is 37.0 Å². The summed E-state index contributed by atoms with van der Waals surface area (Å²) in [5, 5.41) is 0.705. The molecule has 0 bridgehead atoms. The van der Waals surface area contributed by atoms with E-state index in [9.17, 15) is 4.79 Å². The van der Waals surface area contributed by atoms with Gasteiger partial charge in [0.1, 0.15) is 5.75 Å².